The van der Waals surface area contributed by atoms with Gasteiger partial charge in [-0.05, 0) is 54.8 Å². The van der Waals surface area contributed by atoms with Crippen molar-refractivity contribution in [2.24, 2.45) is 22.7 Å². The minimum absolute atomic E-state index is 0.609. The van der Waals surface area contributed by atoms with E-state index in [4.69, 9.17) is 0 Å². The first-order valence-corrected chi connectivity index (χ1v) is 8.39. The molecule has 0 heterocycles. The minimum atomic E-state index is 0.609. The lowest BCUT2D eigenvalue weighted by Gasteiger charge is -2.40. The molecule has 106 valence electrons. The Hall–Kier alpha value is 0. The standard InChI is InChI=1S/C18H34/c1-15-8-7-11-18(4,12-15)14-16-9-5-6-10-17(2,3)13-16/h15-16H,5-14H2,1-4H3. The van der Waals surface area contributed by atoms with Crippen molar-refractivity contribution in [2.45, 2.75) is 91.9 Å². The maximum absolute atomic E-state index is 2.58. The molecule has 2 fully saturated rings. The molecule has 2 aliphatic rings. The molecule has 0 spiro atoms. The average Bonchev–Trinajstić information content (AvgIpc) is 2.37. The van der Waals surface area contributed by atoms with Gasteiger partial charge in [-0.3, -0.25) is 0 Å². The zero-order valence-corrected chi connectivity index (χ0v) is 13.2. The molecule has 0 aromatic carbocycles. The Morgan fingerprint density at radius 3 is 2.39 bits per heavy atom. The summed E-state index contributed by atoms with van der Waals surface area (Å²) in [4.78, 5) is 0. The predicted octanol–water partition coefficient (Wildman–Crippen LogP) is 6.20. The van der Waals surface area contributed by atoms with Gasteiger partial charge in [-0.1, -0.05) is 59.8 Å². The second-order valence-corrected chi connectivity index (χ2v) is 8.70. The fraction of sp³-hybridized carbons (Fsp3) is 1.00. The van der Waals surface area contributed by atoms with E-state index in [1.807, 2.05) is 0 Å². The van der Waals surface area contributed by atoms with Crippen molar-refractivity contribution in [2.75, 3.05) is 0 Å². The van der Waals surface area contributed by atoms with Crippen molar-refractivity contribution in [1.82, 2.24) is 0 Å². The SMILES string of the molecule is CC1CCCC(C)(CC2CCCCC(C)(C)C2)C1. The lowest BCUT2D eigenvalue weighted by molar-refractivity contribution is 0.112. The zero-order chi connectivity index (χ0) is 13.2. The van der Waals surface area contributed by atoms with Gasteiger partial charge in [-0.15, -0.1) is 0 Å². The molecular weight excluding hydrogens is 216 g/mol. The zero-order valence-electron chi connectivity index (χ0n) is 13.2. The molecule has 0 aromatic rings. The Morgan fingerprint density at radius 2 is 1.67 bits per heavy atom. The Balaban J connectivity index is 1.94. The Bertz CT molecular complexity index is 265. The molecule has 3 unspecified atom stereocenters. The van der Waals surface area contributed by atoms with Crippen LogP contribution in [-0.2, 0) is 0 Å². The summed E-state index contributed by atoms with van der Waals surface area (Å²) >= 11 is 0. The highest BCUT2D eigenvalue weighted by Gasteiger charge is 2.35. The molecule has 2 aliphatic carbocycles. The van der Waals surface area contributed by atoms with Crippen LogP contribution in [0.15, 0.2) is 0 Å². The van der Waals surface area contributed by atoms with Crippen molar-refractivity contribution in [1.29, 1.82) is 0 Å². The van der Waals surface area contributed by atoms with E-state index in [0.717, 1.165) is 11.8 Å². The van der Waals surface area contributed by atoms with Crippen LogP contribution in [0.1, 0.15) is 91.9 Å². The third kappa shape index (κ3) is 4.00. The molecule has 3 atom stereocenters. The van der Waals surface area contributed by atoms with Crippen LogP contribution in [0.3, 0.4) is 0 Å². The highest BCUT2D eigenvalue weighted by molar-refractivity contribution is 4.86. The molecular formula is C18H34. The largest absolute Gasteiger partial charge is 0.0625 e. The van der Waals surface area contributed by atoms with Gasteiger partial charge < -0.3 is 0 Å². The molecule has 0 aliphatic heterocycles. The van der Waals surface area contributed by atoms with Gasteiger partial charge in [0.05, 0.1) is 0 Å². The van der Waals surface area contributed by atoms with Crippen molar-refractivity contribution in [3.05, 3.63) is 0 Å². The lowest BCUT2D eigenvalue weighted by Crippen LogP contribution is -2.28. The van der Waals surface area contributed by atoms with E-state index in [0.29, 0.717) is 10.8 Å². The quantitative estimate of drug-likeness (QED) is 0.512. The van der Waals surface area contributed by atoms with Crippen LogP contribution in [0.5, 0.6) is 0 Å². The van der Waals surface area contributed by atoms with Crippen LogP contribution in [0.25, 0.3) is 0 Å². The molecule has 0 radical (unpaired) electrons. The summed E-state index contributed by atoms with van der Waals surface area (Å²) in [6.45, 7) is 10.0. The lowest BCUT2D eigenvalue weighted by atomic mass is 9.65. The fourth-order valence-electron chi connectivity index (χ4n) is 5.00. The average molecular weight is 250 g/mol. The summed E-state index contributed by atoms with van der Waals surface area (Å²) in [5.41, 5.74) is 1.28. The van der Waals surface area contributed by atoms with E-state index in [1.54, 1.807) is 0 Å². The summed E-state index contributed by atoms with van der Waals surface area (Å²) in [5, 5.41) is 0. The summed E-state index contributed by atoms with van der Waals surface area (Å²) < 4.78 is 0. The van der Waals surface area contributed by atoms with Crippen LogP contribution in [0.4, 0.5) is 0 Å². The number of rotatable bonds is 2. The summed E-state index contributed by atoms with van der Waals surface area (Å²) in [5.74, 6) is 1.99. The van der Waals surface area contributed by atoms with E-state index in [-0.39, 0.29) is 0 Å². The molecule has 0 heteroatoms. The van der Waals surface area contributed by atoms with Gasteiger partial charge in [0.25, 0.3) is 0 Å². The van der Waals surface area contributed by atoms with E-state index in [1.165, 1.54) is 64.2 Å². The van der Waals surface area contributed by atoms with Gasteiger partial charge in [0.15, 0.2) is 0 Å². The van der Waals surface area contributed by atoms with E-state index < -0.39 is 0 Å². The maximum atomic E-state index is 2.58. The molecule has 0 bridgehead atoms. The molecule has 2 rings (SSSR count). The van der Waals surface area contributed by atoms with Gasteiger partial charge in [0.1, 0.15) is 0 Å². The molecule has 0 amide bonds. The fourth-order valence-corrected chi connectivity index (χ4v) is 5.00. The Morgan fingerprint density at radius 1 is 0.889 bits per heavy atom. The van der Waals surface area contributed by atoms with E-state index >= 15 is 0 Å². The summed E-state index contributed by atoms with van der Waals surface area (Å²) in [7, 11) is 0. The number of hydrogen-bond donors (Lipinski definition) is 0. The van der Waals surface area contributed by atoms with Gasteiger partial charge >= 0.3 is 0 Å². The molecule has 0 saturated heterocycles. The van der Waals surface area contributed by atoms with Crippen LogP contribution < -0.4 is 0 Å². The van der Waals surface area contributed by atoms with Gasteiger partial charge in [0.2, 0.25) is 0 Å². The van der Waals surface area contributed by atoms with Crippen molar-refractivity contribution in [3.8, 4) is 0 Å². The molecule has 18 heavy (non-hydrogen) atoms. The maximum Gasteiger partial charge on any atom is -0.0321 e. The third-order valence-corrected chi connectivity index (χ3v) is 5.66. The smallest absolute Gasteiger partial charge is 0.0321 e. The van der Waals surface area contributed by atoms with Crippen molar-refractivity contribution < 1.29 is 0 Å². The van der Waals surface area contributed by atoms with Crippen LogP contribution in [0, 0.1) is 22.7 Å². The first-order valence-electron chi connectivity index (χ1n) is 8.39. The monoisotopic (exact) mass is 250 g/mol. The molecule has 2 saturated carbocycles. The highest BCUT2D eigenvalue weighted by Crippen LogP contribution is 2.47. The van der Waals surface area contributed by atoms with Crippen LogP contribution in [-0.4, -0.2) is 0 Å². The van der Waals surface area contributed by atoms with Gasteiger partial charge in [-0.25, -0.2) is 0 Å². The number of hydrogen-bond acceptors (Lipinski definition) is 0. The van der Waals surface area contributed by atoms with Gasteiger partial charge in [0, 0.05) is 0 Å². The third-order valence-electron chi connectivity index (χ3n) is 5.66. The highest BCUT2D eigenvalue weighted by atomic mass is 14.4. The van der Waals surface area contributed by atoms with Crippen LogP contribution in [0.2, 0.25) is 0 Å². The summed E-state index contributed by atoms with van der Waals surface area (Å²) in [6.07, 6.45) is 14.9. The molecule has 0 N–H and O–H groups in total. The predicted molar refractivity (Wildman–Crippen MR) is 80.7 cm³/mol. The molecule has 0 nitrogen and oxygen atoms in total. The molecule has 0 aromatic heterocycles. The Kier molecular flexibility index (Phi) is 4.44. The van der Waals surface area contributed by atoms with E-state index in [9.17, 15) is 0 Å². The van der Waals surface area contributed by atoms with E-state index in [2.05, 4.69) is 27.7 Å². The second-order valence-electron chi connectivity index (χ2n) is 8.70. The second kappa shape index (κ2) is 5.55. The first kappa shape index (κ1) is 14.4. The minimum Gasteiger partial charge on any atom is -0.0625 e. The normalized spacial score (nSPS) is 41.3. The van der Waals surface area contributed by atoms with Crippen LogP contribution >= 0.6 is 0 Å². The van der Waals surface area contributed by atoms with Crippen molar-refractivity contribution in [3.63, 3.8) is 0 Å². The topological polar surface area (TPSA) is 0 Å². The van der Waals surface area contributed by atoms with Gasteiger partial charge in [-0.2, -0.15) is 0 Å². The Labute approximate surface area is 115 Å². The first-order chi connectivity index (χ1) is 8.39. The van der Waals surface area contributed by atoms with Crippen molar-refractivity contribution >= 4 is 0 Å². The summed E-state index contributed by atoms with van der Waals surface area (Å²) in [6, 6.07) is 0.